The van der Waals surface area contributed by atoms with Crippen LogP contribution in [0.5, 0.6) is 0 Å². The van der Waals surface area contributed by atoms with E-state index >= 15 is 0 Å². The fourth-order valence-electron chi connectivity index (χ4n) is 2.76. The zero-order chi connectivity index (χ0) is 22.4. The van der Waals surface area contributed by atoms with E-state index in [0.29, 0.717) is 26.6 Å². The van der Waals surface area contributed by atoms with Gasteiger partial charge in [0, 0.05) is 12.6 Å². The molecule has 0 saturated carbocycles. The highest BCUT2D eigenvalue weighted by atomic mass is 35.5. The number of benzene rings is 2. The molecule has 0 aliphatic heterocycles. The van der Waals surface area contributed by atoms with Crippen LogP contribution in [0.1, 0.15) is 34.7 Å². The van der Waals surface area contributed by atoms with Gasteiger partial charge in [0.05, 0.1) is 28.4 Å². The van der Waals surface area contributed by atoms with Crippen molar-refractivity contribution in [2.45, 2.75) is 24.7 Å². The molecular weight excluding hydrogens is 457 g/mol. The van der Waals surface area contributed by atoms with Gasteiger partial charge in [-0.15, -0.1) is 10.2 Å². The first-order valence-corrected chi connectivity index (χ1v) is 11.2. The number of carbonyl (C=O) groups excluding carboxylic acids is 2. The van der Waals surface area contributed by atoms with Gasteiger partial charge in [-0.2, -0.15) is 0 Å². The van der Waals surface area contributed by atoms with E-state index in [2.05, 4.69) is 20.8 Å². The predicted octanol–water partition coefficient (Wildman–Crippen LogP) is 4.02. The van der Waals surface area contributed by atoms with Crippen molar-refractivity contribution in [3.05, 3.63) is 75.5 Å². The molecule has 2 aromatic carbocycles. The summed E-state index contributed by atoms with van der Waals surface area (Å²) < 4.78 is 1.74. The number of hydrogen-bond donors (Lipinski definition) is 2. The van der Waals surface area contributed by atoms with Gasteiger partial charge < -0.3 is 15.2 Å². The van der Waals surface area contributed by atoms with Crippen molar-refractivity contribution < 1.29 is 9.59 Å². The second-order valence-electron chi connectivity index (χ2n) is 6.76. The van der Waals surface area contributed by atoms with Gasteiger partial charge in [-0.1, -0.05) is 65.3 Å². The maximum Gasteiger partial charge on any atom is 0.251 e. The summed E-state index contributed by atoms with van der Waals surface area (Å²) in [4.78, 5) is 24.6. The van der Waals surface area contributed by atoms with Gasteiger partial charge in [-0.25, -0.2) is 0 Å². The Kier molecular flexibility index (Phi) is 7.95. The highest BCUT2D eigenvalue weighted by molar-refractivity contribution is 7.99. The maximum absolute atomic E-state index is 12.3. The average molecular weight is 478 g/mol. The molecule has 31 heavy (non-hydrogen) atoms. The summed E-state index contributed by atoms with van der Waals surface area (Å²) >= 11 is 13.1. The maximum atomic E-state index is 12.3. The summed E-state index contributed by atoms with van der Waals surface area (Å²) in [6.45, 7) is 2.12. The van der Waals surface area contributed by atoms with Crippen LogP contribution in [0, 0.1) is 0 Å². The first kappa shape index (κ1) is 23.1. The number of amides is 2. The second-order valence-corrected chi connectivity index (χ2v) is 8.51. The van der Waals surface area contributed by atoms with Crippen molar-refractivity contribution in [1.82, 2.24) is 25.4 Å². The van der Waals surface area contributed by atoms with Crippen LogP contribution in [0.15, 0.2) is 53.7 Å². The number of thioether (sulfide) groups is 1. The Morgan fingerprint density at radius 2 is 1.84 bits per heavy atom. The molecule has 3 rings (SSSR count). The molecule has 0 unspecified atom stereocenters. The van der Waals surface area contributed by atoms with Crippen molar-refractivity contribution in [3.63, 3.8) is 0 Å². The summed E-state index contributed by atoms with van der Waals surface area (Å²) in [6, 6.07) is 14.3. The van der Waals surface area contributed by atoms with Gasteiger partial charge in [-0.05, 0) is 30.7 Å². The van der Waals surface area contributed by atoms with Gasteiger partial charge in [0.2, 0.25) is 5.91 Å². The molecule has 2 amide bonds. The van der Waals surface area contributed by atoms with E-state index in [9.17, 15) is 9.59 Å². The first-order chi connectivity index (χ1) is 14.8. The summed E-state index contributed by atoms with van der Waals surface area (Å²) in [5.74, 6) is 0.372. The molecule has 162 valence electrons. The van der Waals surface area contributed by atoms with Crippen LogP contribution in [0.3, 0.4) is 0 Å². The number of halogens is 2. The minimum Gasteiger partial charge on any atom is -0.349 e. The quantitative estimate of drug-likeness (QED) is 0.478. The average Bonchev–Trinajstić information content (AvgIpc) is 3.12. The van der Waals surface area contributed by atoms with Crippen LogP contribution < -0.4 is 10.6 Å². The second kappa shape index (κ2) is 10.7. The highest BCUT2D eigenvalue weighted by Gasteiger charge is 2.15. The molecule has 10 heteroatoms. The van der Waals surface area contributed by atoms with E-state index in [1.54, 1.807) is 23.7 Å². The number of nitrogens with one attached hydrogen (secondary N) is 2. The summed E-state index contributed by atoms with van der Waals surface area (Å²) in [5.41, 5.74) is 1.44. The van der Waals surface area contributed by atoms with Gasteiger partial charge >= 0.3 is 0 Å². The van der Waals surface area contributed by atoms with Crippen molar-refractivity contribution in [2.75, 3.05) is 5.75 Å². The molecule has 0 bridgehead atoms. The molecular formula is C21H21Cl2N5O2S. The first-order valence-electron chi connectivity index (χ1n) is 9.43. The Balaban J connectivity index is 1.51. The number of hydrogen-bond acceptors (Lipinski definition) is 5. The third kappa shape index (κ3) is 6.22. The van der Waals surface area contributed by atoms with E-state index in [-0.39, 0.29) is 30.2 Å². The van der Waals surface area contributed by atoms with Crippen molar-refractivity contribution in [2.24, 2.45) is 7.05 Å². The molecule has 0 saturated heterocycles. The standard InChI is InChI=1S/C21H21Cl2N5O2S/c1-13(14-6-4-3-5-7-14)25-19(29)12-31-21-27-26-18(28(21)2)11-24-20(30)15-8-9-16(22)17(23)10-15/h3-10,13H,11-12H2,1-2H3,(H,24,30)(H,25,29)/t13-/m0/s1. The summed E-state index contributed by atoms with van der Waals surface area (Å²) in [6.07, 6.45) is 0. The summed E-state index contributed by atoms with van der Waals surface area (Å²) in [7, 11) is 1.79. The Labute approximate surface area is 194 Å². The Morgan fingerprint density at radius 3 is 2.55 bits per heavy atom. The number of nitrogens with zero attached hydrogens (tertiary/aromatic N) is 3. The molecule has 1 atom stereocenters. The lowest BCUT2D eigenvalue weighted by Crippen LogP contribution is -2.28. The molecule has 1 aromatic heterocycles. The zero-order valence-electron chi connectivity index (χ0n) is 16.9. The van der Waals surface area contributed by atoms with Crippen LogP contribution in [0.4, 0.5) is 0 Å². The van der Waals surface area contributed by atoms with Gasteiger partial charge in [0.25, 0.3) is 5.91 Å². The molecule has 0 aliphatic carbocycles. The monoisotopic (exact) mass is 477 g/mol. The van der Waals surface area contributed by atoms with E-state index < -0.39 is 0 Å². The molecule has 1 heterocycles. The normalized spacial score (nSPS) is 11.7. The fraction of sp³-hybridized carbons (Fsp3) is 0.238. The van der Waals surface area contributed by atoms with Gasteiger partial charge in [0.1, 0.15) is 0 Å². The van der Waals surface area contributed by atoms with E-state index in [0.717, 1.165) is 5.56 Å². The van der Waals surface area contributed by atoms with Crippen LogP contribution in [0.25, 0.3) is 0 Å². The molecule has 0 aliphatic rings. The molecule has 3 aromatic rings. The SMILES string of the molecule is C[C@H](NC(=O)CSc1nnc(CNC(=O)c2ccc(Cl)c(Cl)c2)n1C)c1ccccc1. The van der Waals surface area contributed by atoms with Crippen molar-refractivity contribution in [1.29, 1.82) is 0 Å². The Bertz CT molecular complexity index is 1070. The number of aromatic nitrogens is 3. The topological polar surface area (TPSA) is 88.9 Å². The number of carbonyl (C=O) groups is 2. The smallest absolute Gasteiger partial charge is 0.251 e. The predicted molar refractivity (Wildman–Crippen MR) is 122 cm³/mol. The minimum absolute atomic E-state index is 0.0825. The van der Waals surface area contributed by atoms with E-state index in [1.165, 1.54) is 17.8 Å². The molecule has 0 spiro atoms. The lowest BCUT2D eigenvalue weighted by Gasteiger charge is -2.14. The van der Waals surface area contributed by atoms with Crippen LogP contribution in [-0.4, -0.2) is 32.3 Å². The molecule has 0 fully saturated rings. The minimum atomic E-state index is -0.301. The molecule has 0 radical (unpaired) electrons. The lowest BCUT2D eigenvalue weighted by atomic mass is 10.1. The number of rotatable bonds is 8. The zero-order valence-corrected chi connectivity index (χ0v) is 19.3. The molecule has 2 N–H and O–H groups in total. The van der Waals surface area contributed by atoms with Gasteiger partial charge in [0.15, 0.2) is 11.0 Å². The van der Waals surface area contributed by atoms with E-state index in [1.807, 2.05) is 37.3 Å². The lowest BCUT2D eigenvalue weighted by molar-refractivity contribution is -0.119. The van der Waals surface area contributed by atoms with Crippen LogP contribution in [0.2, 0.25) is 10.0 Å². The third-order valence-electron chi connectivity index (χ3n) is 4.52. The van der Waals surface area contributed by atoms with Crippen molar-refractivity contribution in [3.8, 4) is 0 Å². The van der Waals surface area contributed by atoms with Gasteiger partial charge in [-0.3, -0.25) is 9.59 Å². The third-order valence-corrected chi connectivity index (χ3v) is 6.28. The fourth-order valence-corrected chi connectivity index (χ4v) is 3.80. The van der Waals surface area contributed by atoms with Crippen LogP contribution in [-0.2, 0) is 18.4 Å². The summed E-state index contributed by atoms with van der Waals surface area (Å²) in [5, 5.41) is 15.2. The Morgan fingerprint density at radius 1 is 1.10 bits per heavy atom. The Hall–Kier alpha value is -2.55. The largest absolute Gasteiger partial charge is 0.349 e. The van der Waals surface area contributed by atoms with Crippen molar-refractivity contribution >= 4 is 46.8 Å². The molecule has 7 nitrogen and oxygen atoms in total. The van der Waals surface area contributed by atoms with E-state index in [4.69, 9.17) is 23.2 Å². The highest BCUT2D eigenvalue weighted by Crippen LogP contribution is 2.22. The van der Waals surface area contributed by atoms with Crippen LogP contribution >= 0.6 is 35.0 Å².